The molecule has 0 spiro atoms. The van der Waals surface area contributed by atoms with Gasteiger partial charge in [-0.2, -0.15) is 0 Å². The Balaban J connectivity index is 3.97. The van der Waals surface area contributed by atoms with Crippen molar-refractivity contribution in [3.05, 3.63) is 0 Å². The van der Waals surface area contributed by atoms with Crippen molar-refractivity contribution in [3.8, 4) is 0 Å². The summed E-state index contributed by atoms with van der Waals surface area (Å²) in [5.41, 5.74) is 0. The van der Waals surface area contributed by atoms with Crippen LogP contribution < -0.4 is 0 Å². The molecule has 0 heterocycles. The third-order valence-corrected chi connectivity index (χ3v) is 11.7. The van der Waals surface area contributed by atoms with E-state index < -0.39 is 19.9 Å². The van der Waals surface area contributed by atoms with E-state index in [4.69, 9.17) is 18.5 Å². The van der Waals surface area contributed by atoms with Gasteiger partial charge in [0, 0.05) is 12.8 Å². The Hall–Kier alpha value is -0.950. The van der Waals surface area contributed by atoms with Crippen LogP contribution in [0, 0.1) is 0 Å². The number of phosphoric acid groups is 1. The molecule has 0 saturated heterocycles. The summed E-state index contributed by atoms with van der Waals surface area (Å²) >= 11 is 0. The summed E-state index contributed by atoms with van der Waals surface area (Å²) < 4.78 is 32.7. The van der Waals surface area contributed by atoms with Gasteiger partial charge in [-0.15, -0.1) is 0 Å². The predicted molar refractivity (Wildman–Crippen MR) is 230 cm³/mol. The van der Waals surface area contributed by atoms with Gasteiger partial charge in [0.2, 0.25) is 0 Å². The van der Waals surface area contributed by atoms with E-state index in [0.29, 0.717) is 6.42 Å². The molecule has 0 aliphatic heterocycles. The summed E-state index contributed by atoms with van der Waals surface area (Å²) in [6.07, 6.45) is 44.4. The zero-order valence-electron chi connectivity index (χ0n) is 36.6. The minimum absolute atomic E-state index is 0.00589. The summed E-state index contributed by atoms with van der Waals surface area (Å²) in [6.45, 7) is 5.54. The fraction of sp³-hybridized carbons (Fsp3) is 0.957. The smallest absolute Gasteiger partial charge is 0.462 e. The van der Waals surface area contributed by atoms with Crippen molar-refractivity contribution in [3.63, 3.8) is 0 Å². The first-order valence-electron chi connectivity index (χ1n) is 23.8. The second kappa shape index (κ2) is 42.7. The largest absolute Gasteiger partial charge is 0.472 e. The first-order valence-corrected chi connectivity index (χ1v) is 25.3. The molecule has 8 nitrogen and oxygen atoms in total. The summed E-state index contributed by atoms with van der Waals surface area (Å²) in [6, 6.07) is 0. The molecule has 0 aromatic rings. The van der Waals surface area contributed by atoms with E-state index in [1.54, 1.807) is 6.92 Å². The van der Waals surface area contributed by atoms with Crippen LogP contribution in [0.5, 0.6) is 0 Å². The number of carbonyl (C=O) groups is 2. The van der Waals surface area contributed by atoms with Crippen LogP contribution in [0.1, 0.15) is 258 Å². The third kappa shape index (κ3) is 42.5. The Morgan fingerprint density at radius 3 is 1.02 bits per heavy atom. The summed E-state index contributed by atoms with van der Waals surface area (Å²) in [7, 11) is -4.27. The number of hydrogen-bond acceptors (Lipinski definition) is 7. The van der Waals surface area contributed by atoms with Gasteiger partial charge in [0.05, 0.1) is 13.2 Å². The van der Waals surface area contributed by atoms with Gasteiger partial charge in [-0.25, -0.2) is 4.57 Å². The topological polar surface area (TPSA) is 108 Å². The van der Waals surface area contributed by atoms with Crippen molar-refractivity contribution in [1.29, 1.82) is 0 Å². The second-order valence-corrected chi connectivity index (χ2v) is 17.6. The average Bonchev–Trinajstić information content (AvgIpc) is 3.16. The van der Waals surface area contributed by atoms with Gasteiger partial charge in [-0.1, -0.05) is 226 Å². The highest BCUT2D eigenvalue weighted by Gasteiger charge is 2.25. The van der Waals surface area contributed by atoms with E-state index in [2.05, 4.69) is 13.8 Å². The monoisotopic (exact) mass is 803 g/mol. The first-order chi connectivity index (χ1) is 26.8. The average molecular weight is 803 g/mol. The molecule has 2 unspecified atom stereocenters. The molecule has 0 saturated carbocycles. The number of esters is 2. The lowest BCUT2D eigenvalue weighted by Crippen LogP contribution is -2.29. The number of ether oxygens (including phenoxy) is 2. The van der Waals surface area contributed by atoms with Crippen molar-refractivity contribution in [2.45, 2.75) is 264 Å². The van der Waals surface area contributed by atoms with E-state index in [-0.39, 0.29) is 32.2 Å². The van der Waals surface area contributed by atoms with E-state index >= 15 is 0 Å². The van der Waals surface area contributed by atoms with Crippen molar-refractivity contribution in [1.82, 2.24) is 0 Å². The molecule has 0 aromatic carbocycles. The van der Waals surface area contributed by atoms with Gasteiger partial charge >= 0.3 is 19.8 Å². The maximum Gasteiger partial charge on any atom is 0.472 e. The number of phosphoric ester groups is 1. The molecular weight excluding hydrogens is 711 g/mol. The molecular formula is C46H91O8P. The van der Waals surface area contributed by atoms with Gasteiger partial charge in [-0.05, 0) is 19.8 Å². The Morgan fingerprint density at radius 2 is 0.709 bits per heavy atom. The molecule has 0 rings (SSSR count). The molecule has 328 valence electrons. The molecule has 1 N–H and O–H groups in total. The van der Waals surface area contributed by atoms with E-state index in [0.717, 1.165) is 38.5 Å². The number of carbonyl (C=O) groups excluding carboxylic acids is 2. The van der Waals surface area contributed by atoms with Crippen LogP contribution in [0.15, 0.2) is 0 Å². The molecule has 0 aliphatic carbocycles. The van der Waals surface area contributed by atoms with Gasteiger partial charge in [0.25, 0.3) is 0 Å². The highest BCUT2D eigenvalue weighted by molar-refractivity contribution is 7.47. The minimum atomic E-state index is -4.27. The normalized spacial score (nSPS) is 13.2. The van der Waals surface area contributed by atoms with Crippen LogP contribution in [-0.2, 0) is 32.7 Å². The maximum atomic E-state index is 12.6. The van der Waals surface area contributed by atoms with Crippen molar-refractivity contribution >= 4 is 19.8 Å². The zero-order valence-corrected chi connectivity index (χ0v) is 37.5. The van der Waals surface area contributed by atoms with E-state index in [1.165, 1.54) is 186 Å². The lowest BCUT2D eigenvalue weighted by molar-refractivity contribution is -0.161. The maximum absolute atomic E-state index is 12.6. The molecule has 0 amide bonds. The summed E-state index contributed by atoms with van der Waals surface area (Å²) in [5, 5.41) is 0. The van der Waals surface area contributed by atoms with Crippen LogP contribution in [0.3, 0.4) is 0 Å². The van der Waals surface area contributed by atoms with E-state index in [9.17, 15) is 19.0 Å². The van der Waals surface area contributed by atoms with Gasteiger partial charge in [0.1, 0.15) is 6.61 Å². The molecule has 0 radical (unpaired) electrons. The standard InChI is InChI=1S/C46H91O8P/c1-4-7-9-11-13-15-17-19-21-23-25-27-29-31-33-35-37-39-41-46(48)54-44(43-53-55(49,50)52-6-3)42-51-45(47)40-38-36-34-32-30-28-26-24-22-20-18-16-14-12-10-8-5-2/h44H,4-43H2,1-3H3,(H,49,50). The summed E-state index contributed by atoms with van der Waals surface area (Å²) in [5.74, 6) is -0.777. The molecule has 2 atom stereocenters. The molecule has 0 bridgehead atoms. The van der Waals surface area contributed by atoms with Crippen molar-refractivity contribution in [2.24, 2.45) is 0 Å². The Labute approximate surface area is 340 Å². The Bertz CT molecular complexity index is 869. The minimum Gasteiger partial charge on any atom is -0.462 e. The lowest BCUT2D eigenvalue weighted by atomic mass is 10.0. The second-order valence-electron chi connectivity index (χ2n) is 16.1. The Morgan fingerprint density at radius 1 is 0.418 bits per heavy atom. The molecule has 0 aromatic heterocycles. The molecule has 0 fully saturated rings. The SMILES string of the molecule is CCCCCCCCCCCCCCCCCCCCC(=O)OC(COC(=O)CCCCCCCCCCCCCCCCCCC)COP(=O)(O)OCC. The van der Waals surface area contributed by atoms with Crippen LogP contribution in [0.2, 0.25) is 0 Å². The van der Waals surface area contributed by atoms with Gasteiger partial charge in [-0.3, -0.25) is 18.6 Å². The van der Waals surface area contributed by atoms with Crippen molar-refractivity contribution < 1.29 is 37.6 Å². The lowest BCUT2D eigenvalue weighted by Gasteiger charge is -2.19. The van der Waals surface area contributed by atoms with Gasteiger partial charge in [0.15, 0.2) is 6.10 Å². The molecule has 9 heteroatoms. The number of rotatable bonds is 45. The van der Waals surface area contributed by atoms with Crippen LogP contribution >= 0.6 is 7.82 Å². The summed E-state index contributed by atoms with van der Waals surface area (Å²) in [4.78, 5) is 34.8. The third-order valence-electron chi connectivity index (χ3n) is 10.7. The first kappa shape index (κ1) is 54.0. The molecule has 55 heavy (non-hydrogen) atoms. The zero-order chi connectivity index (χ0) is 40.3. The fourth-order valence-corrected chi connectivity index (χ4v) is 7.92. The highest BCUT2D eigenvalue weighted by atomic mass is 31.2. The van der Waals surface area contributed by atoms with Crippen LogP contribution in [-0.4, -0.2) is 42.8 Å². The number of hydrogen-bond donors (Lipinski definition) is 1. The van der Waals surface area contributed by atoms with E-state index in [1.807, 2.05) is 0 Å². The Kier molecular flexibility index (Phi) is 41.9. The molecule has 0 aliphatic rings. The number of unbranched alkanes of at least 4 members (excludes halogenated alkanes) is 33. The highest BCUT2D eigenvalue weighted by Crippen LogP contribution is 2.43. The van der Waals surface area contributed by atoms with Crippen molar-refractivity contribution in [2.75, 3.05) is 19.8 Å². The van der Waals surface area contributed by atoms with Gasteiger partial charge < -0.3 is 14.4 Å². The van der Waals surface area contributed by atoms with Crippen LogP contribution in [0.4, 0.5) is 0 Å². The fourth-order valence-electron chi connectivity index (χ4n) is 7.16. The predicted octanol–water partition coefficient (Wildman–Crippen LogP) is 15.1. The quantitative estimate of drug-likeness (QED) is 0.0368. The van der Waals surface area contributed by atoms with Crippen LogP contribution in [0.25, 0.3) is 0 Å².